The Hall–Kier alpha value is -1.10. The maximum atomic E-state index is 11.9. The van der Waals surface area contributed by atoms with Crippen molar-refractivity contribution < 1.29 is 9.59 Å². The summed E-state index contributed by atoms with van der Waals surface area (Å²) >= 11 is 0. The third kappa shape index (κ3) is 4.64. The van der Waals surface area contributed by atoms with E-state index >= 15 is 0 Å². The van der Waals surface area contributed by atoms with Crippen LogP contribution in [0.1, 0.15) is 40.5 Å². The van der Waals surface area contributed by atoms with Crippen LogP contribution in [0.5, 0.6) is 0 Å². The van der Waals surface area contributed by atoms with Crippen molar-refractivity contribution in [3.63, 3.8) is 0 Å². The van der Waals surface area contributed by atoms with E-state index in [1.54, 1.807) is 4.90 Å². The number of rotatable bonds is 8. The quantitative estimate of drug-likeness (QED) is 0.673. The van der Waals surface area contributed by atoms with Gasteiger partial charge in [0.25, 0.3) is 0 Å². The molecule has 0 saturated heterocycles. The molecule has 0 saturated carbocycles. The summed E-state index contributed by atoms with van der Waals surface area (Å²) in [4.78, 5) is 25.4. The van der Waals surface area contributed by atoms with Gasteiger partial charge in [0.05, 0.1) is 5.41 Å². The first kappa shape index (κ1) is 16.9. The lowest BCUT2D eigenvalue weighted by Gasteiger charge is -2.25. The minimum Gasteiger partial charge on any atom is -0.355 e. The molecular weight excluding hydrogens is 230 g/mol. The van der Waals surface area contributed by atoms with Crippen molar-refractivity contribution in [3.05, 3.63) is 0 Å². The highest BCUT2D eigenvalue weighted by molar-refractivity contribution is 5.83. The second-order valence-electron chi connectivity index (χ2n) is 4.69. The van der Waals surface area contributed by atoms with Crippen molar-refractivity contribution in [2.45, 2.75) is 40.5 Å². The predicted molar refractivity (Wildman–Crippen MR) is 73.0 cm³/mol. The van der Waals surface area contributed by atoms with E-state index in [-0.39, 0.29) is 11.8 Å². The number of amides is 2. The molecule has 0 fully saturated rings. The van der Waals surface area contributed by atoms with Crippen molar-refractivity contribution in [2.24, 2.45) is 11.1 Å². The molecule has 0 aromatic carbocycles. The molecule has 0 bridgehead atoms. The van der Waals surface area contributed by atoms with Gasteiger partial charge >= 0.3 is 0 Å². The van der Waals surface area contributed by atoms with Crippen LogP contribution in [0.25, 0.3) is 0 Å². The van der Waals surface area contributed by atoms with Crippen LogP contribution in [-0.4, -0.2) is 42.9 Å². The zero-order valence-corrected chi connectivity index (χ0v) is 12.1. The molecule has 0 radical (unpaired) electrons. The molecule has 0 aliphatic rings. The second-order valence-corrected chi connectivity index (χ2v) is 4.69. The van der Waals surface area contributed by atoms with Gasteiger partial charge < -0.3 is 16.0 Å². The van der Waals surface area contributed by atoms with E-state index in [4.69, 9.17) is 5.73 Å². The molecule has 1 atom stereocenters. The van der Waals surface area contributed by atoms with Crippen LogP contribution in [0.2, 0.25) is 0 Å². The Morgan fingerprint density at radius 2 is 1.78 bits per heavy atom. The highest BCUT2D eigenvalue weighted by Crippen LogP contribution is 2.18. The van der Waals surface area contributed by atoms with Gasteiger partial charge in [-0.25, -0.2) is 0 Å². The first-order valence-electron chi connectivity index (χ1n) is 6.71. The van der Waals surface area contributed by atoms with Gasteiger partial charge in [0.1, 0.15) is 0 Å². The Morgan fingerprint density at radius 3 is 2.17 bits per heavy atom. The van der Waals surface area contributed by atoms with E-state index in [1.807, 2.05) is 27.7 Å². The molecule has 18 heavy (non-hydrogen) atoms. The van der Waals surface area contributed by atoms with Crippen LogP contribution in [0.3, 0.4) is 0 Å². The summed E-state index contributed by atoms with van der Waals surface area (Å²) in [6, 6.07) is 0. The largest absolute Gasteiger partial charge is 0.355 e. The van der Waals surface area contributed by atoms with E-state index < -0.39 is 5.41 Å². The fourth-order valence-corrected chi connectivity index (χ4v) is 1.63. The number of hydrogen-bond acceptors (Lipinski definition) is 3. The van der Waals surface area contributed by atoms with E-state index in [0.29, 0.717) is 39.0 Å². The summed E-state index contributed by atoms with van der Waals surface area (Å²) in [5.74, 6) is 0.00565. The van der Waals surface area contributed by atoms with Crippen LogP contribution < -0.4 is 11.1 Å². The van der Waals surface area contributed by atoms with Crippen LogP contribution in [0.4, 0.5) is 0 Å². The van der Waals surface area contributed by atoms with Gasteiger partial charge in [-0.1, -0.05) is 6.92 Å². The molecule has 5 nitrogen and oxygen atoms in total. The van der Waals surface area contributed by atoms with Crippen LogP contribution in [-0.2, 0) is 9.59 Å². The zero-order chi connectivity index (χ0) is 14.2. The standard InChI is InChI=1S/C13H27N3O2/c1-5-13(4,10-14)12(18)15-9-8-11(17)16(6-2)7-3/h5-10,14H2,1-4H3,(H,15,18). The Balaban J connectivity index is 4.12. The smallest absolute Gasteiger partial charge is 0.227 e. The van der Waals surface area contributed by atoms with Crippen molar-refractivity contribution in [1.29, 1.82) is 0 Å². The number of nitrogens with one attached hydrogen (secondary N) is 1. The monoisotopic (exact) mass is 257 g/mol. The summed E-state index contributed by atoms with van der Waals surface area (Å²) in [5, 5.41) is 2.79. The number of carbonyl (C=O) groups excluding carboxylic acids is 2. The first-order valence-corrected chi connectivity index (χ1v) is 6.71. The lowest BCUT2D eigenvalue weighted by molar-refractivity contribution is -0.131. The fourth-order valence-electron chi connectivity index (χ4n) is 1.63. The molecular formula is C13H27N3O2. The van der Waals surface area contributed by atoms with E-state index in [1.165, 1.54) is 0 Å². The van der Waals surface area contributed by atoms with Crippen molar-refractivity contribution >= 4 is 11.8 Å². The molecule has 106 valence electrons. The maximum Gasteiger partial charge on any atom is 0.227 e. The van der Waals surface area contributed by atoms with Gasteiger partial charge in [-0.15, -0.1) is 0 Å². The van der Waals surface area contributed by atoms with Crippen LogP contribution >= 0.6 is 0 Å². The summed E-state index contributed by atoms with van der Waals surface area (Å²) in [5.41, 5.74) is 5.08. The minimum absolute atomic E-state index is 0.0696. The van der Waals surface area contributed by atoms with Crippen LogP contribution in [0.15, 0.2) is 0 Å². The lowest BCUT2D eigenvalue weighted by Crippen LogP contribution is -2.44. The molecule has 0 aliphatic heterocycles. The molecule has 0 heterocycles. The van der Waals surface area contributed by atoms with Crippen molar-refractivity contribution in [3.8, 4) is 0 Å². The third-order valence-electron chi connectivity index (χ3n) is 3.52. The zero-order valence-electron chi connectivity index (χ0n) is 12.1. The Morgan fingerprint density at radius 1 is 1.22 bits per heavy atom. The molecule has 0 rings (SSSR count). The SMILES string of the molecule is CCN(CC)C(=O)CCNC(=O)C(C)(CC)CN. The topological polar surface area (TPSA) is 75.4 Å². The highest BCUT2D eigenvalue weighted by Gasteiger charge is 2.29. The molecule has 3 N–H and O–H groups in total. The predicted octanol–water partition coefficient (Wildman–Crippen LogP) is 0.736. The molecule has 0 aromatic heterocycles. The minimum atomic E-state index is -0.530. The number of nitrogens with two attached hydrogens (primary N) is 1. The molecule has 2 amide bonds. The van der Waals surface area contributed by atoms with Gasteiger partial charge in [0, 0.05) is 32.6 Å². The van der Waals surface area contributed by atoms with Crippen LogP contribution in [0, 0.1) is 5.41 Å². The highest BCUT2D eigenvalue weighted by atomic mass is 16.2. The van der Waals surface area contributed by atoms with Crippen molar-refractivity contribution in [2.75, 3.05) is 26.2 Å². The molecule has 1 unspecified atom stereocenters. The number of hydrogen-bond donors (Lipinski definition) is 2. The lowest BCUT2D eigenvalue weighted by atomic mass is 9.87. The molecule has 0 aliphatic carbocycles. The Labute approximate surface area is 110 Å². The van der Waals surface area contributed by atoms with Gasteiger partial charge in [0.2, 0.25) is 11.8 Å². The van der Waals surface area contributed by atoms with Gasteiger partial charge in [0.15, 0.2) is 0 Å². The van der Waals surface area contributed by atoms with Gasteiger partial charge in [-0.2, -0.15) is 0 Å². The Bertz CT molecular complexity index is 271. The third-order valence-corrected chi connectivity index (χ3v) is 3.52. The molecule has 0 aromatic rings. The molecule has 5 heteroatoms. The van der Waals surface area contributed by atoms with Gasteiger partial charge in [-0.3, -0.25) is 9.59 Å². The maximum absolute atomic E-state index is 11.9. The van der Waals surface area contributed by atoms with Gasteiger partial charge in [-0.05, 0) is 27.2 Å². The summed E-state index contributed by atoms with van der Waals surface area (Å²) in [6.07, 6.45) is 1.04. The van der Waals surface area contributed by atoms with E-state index in [9.17, 15) is 9.59 Å². The van der Waals surface area contributed by atoms with E-state index in [2.05, 4.69) is 5.32 Å². The number of carbonyl (C=O) groups is 2. The second kappa shape index (κ2) is 8.08. The average Bonchev–Trinajstić information content (AvgIpc) is 2.39. The van der Waals surface area contributed by atoms with Crippen molar-refractivity contribution in [1.82, 2.24) is 10.2 Å². The fraction of sp³-hybridized carbons (Fsp3) is 0.846. The van der Waals surface area contributed by atoms with E-state index in [0.717, 1.165) is 0 Å². The summed E-state index contributed by atoms with van der Waals surface area (Å²) in [6.45, 7) is 9.79. The number of nitrogens with zero attached hydrogens (tertiary/aromatic N) is 1. The average molecular weight is 257 g/mol. The summed E-state index contributed by atoms with van der Waals surface area (Å²) < 4.78 is 0. The first-order chi connectivity index (χ1) is 8.45. The normalized spacial score (nSPS) is 13.8. The molecule has 0 spiro atoms. The Kier molecular flexibility index (Phi) is 7.59. The summed E-state index contributed by atoms with van der Waals surface area (Å²) in [7, 11) is 0.